The fourth-order valence-corrected chi connectivity index (χ4v) is 2.57. The molecule has 1 N–H and O–H groups in total. The van der Waals surface area contributed by atoms with Gasteiger partial charge >= 0.3 is 0 Å². The molecule has 3 rings (SSSR count). The van der Waals surface area contributed by atoms with Crippen LogP contribution in [0.4, 0.5) is 0 Å². The minimum atomic E-state index is 0.0334. The van der Waals surface area contributed by atoms with Gasteiger partial charge in [-0.3, -0.25) is 0 Å². The predicted molar refractivity (Wildman–Crippen MR) is 80.0 cm³/mol. The third kappa shape index (κ3) is 2.66. The molecule has 0 radical (unpaired) electrons. The van der Waals surface area contributed by atoms with Crippen LogP contribution in [0.1, 0.15) is 0 Å². The van der Waals surface area contributed by atoms with Gasteiger partial charge in [0.1, 0.15) is 17.6 Å². The number of imidazole rings is 1. The quantitative estimate of drug-likeness (QED) is 0.745. The lowest BCUT2D eigenvalue weighted by Crippen LogP contribution is -1.94. The Morgan fingerprint density at radius 1 is 1.33 bits per heavy atom. The molecule has 0 saturated heterocycles. The summed E-state index contributed by atoms with van der Waals surface area (Å²) < 4.78 is 5.32. The summed E-state index contributed by atoms with van der Waals surface area (Å²) in [5, 5.41) is 8.56. The zero-order valence-corrected chi connectivity index (χ0v) is 12.0. The van der Waals surface area contributed by atoms with Crippen molar-refractivity contribution in [3.8, 4) is 23.2 Å². The number of rotatable bonds is 4. The van der Waals surface area contributed by atoms with Gasteiger partial charge in [-0.1, -0.05) is 0 Å². The summed E-state index contributed by atoms with van der Waals surface area (Å²) in [4.78, 5) is 17.0. The predicted octanol–water partition coefficient (Wildman–Crippen LogP) is 2.64. The number of hydrogen-bond donors (Lipinski definition) is 1. The number of nitriles is 1. The Bertz CT molecular complexity index is 791. The molecular weight excluding hydrogens is 286 g/mol. The van der Waals surface area contributed by atoms with Crippen LogP contribution in [-0.2, 0) is 0 Å². The average Bonchev–Trinajstić information content (AvgIpc) is 2.96. The van der Waals surface area contributed by atoms with E-state index in [0.29, 0.717) is 22.9 Å². The third-order valence-corrected chi connectivity index (χ3v) is 3.64. The van der Waals surface area contributed by atoms with E-state index in [1.54, 1.807) is 24.2 Å². The topological polar surface area (TPSA) is 87.5 Å². The van der Waals surface area contributed by atoms with Gasteiger partial charge in [-0.15, -0.1) is 11.8 Å². The van der Waals surface area contributed by atoms with E-state index in [1.807, 2.05) is 30.5 Å². The normalized spacial score (nSPS) is 10.5. The Morgan fingerprint density at radius 2 is 2.19 bits per heavy atom. The Kier molecular flexibility index (Phi) is 3.71. The van der Waals surface area contributed by atoms with Crippen LogP contribution in [0, 0.1) is 11.3 Å². The van der Waals surface area contributed by atoms with E-state index >= 15 is 0 Å². The molecule has 0 bridgehead atoms. The van der Waals surface area contributed by atoms with E-state index < -0.39 is 0 Å². The first-order valence-corrected chi connectivity index (χ1v) is 7.39. The molecule has 0 saturated carbocycles. The number of fused-ring (bicyclic) bond motifs is 1. The van der Waals surface area contributed by atoms with Crippen molar-refractivity contribution in [2.75, 3.05) is 12.9 Å². The summed E-state index contributed by atoms with van der Waals surface area (Å²) in [5.74, 6) is 1.38. The Labute approximate surface area is 125 Å². The molecule has 0 unspecified atom stereocenters. The summed E-state index contributed by atoms with van der Waals surface area (Å²) in [6.07, 6.45) is 5.21. The first kappa shape index (κ1) is 13.4. The van der Waals surface area contributed by atoms with Gasteiger partial charge in [-0.05, 0) is 24.5 Å². The minimum Gasteiger partial charge on any atom is -0.479 e. The molecule has 2 aromatic heterocycles. The highest BCUT2D eigenvalue weighted by Crippen LogP contribution is 2.32. The molecule has 21 heavy (non-hydrogen) atoms. The maximum Gasteiger partial charge on any atom is 0.197 e. The van der Waals surface area contributed by atoms with E-state index in [-0.39, 0.29) is 6.61 Å². The molecule has 6 nitrogen and oxygen atoms in total. The van der Waals surface area contributed by atoms with Gasteiger partial charge in [0.05, 0.1) is 0 Å². The molecule has 3 aromatic rings. The van der Waals surface area contributed by atoms with E-state index in [2.05, 4.69) is 19.9 Å². The minimum absolute atomic E-state index is 0.0334. The maximum atomic E-state index is 8.56. The number of nitrogens with one attached hydrogen (secondary N) is 1. The van der Waals surface area contributed by atoms with Gasteiger partial charge in [-0.2, -0.15) is 5.26 Å². The smallest absolute Gasteiger partial charge is 0.197 e. The standard InChI is InChI=1S/C14H11N5OS/c1-21-11-8-9(20-7-4-15)2-3-10(11)12-18-13-14(19-12)17-6-5-16-13/h2-3,5-6,8H,7H2,1H3,(H,16,17,18,19). The monoisotopic (exact) mass is 297 g/mol. The van der Waals surface area contributed by atoms with Gasteiger partial charge < -0.3 is 9.72 Å². The van der Waals surface area contributed by atoms with Crippen molar-refractivity contribution >= 4 is 23.1 Å². The summed E-state index contributed by atoms with van der Waals surface area (Å²) in [5.41, 5.74) is 2.19. The van der Waals surface area contributed by atoms with Crippen LogP contribution in [0.15, 0.2) is 35.5 Å². The van der Waals surface area contributed by atoms with Crippen LogP contribution in [0.3, 0.4) is 0 Å². The van der Waals surface area contributed by atoms with Gasteiger partial charge in [0, 0.05) is 22.9 Å². The number of H-pyrrole nitrogens is 1. The summed E-state index contributed by atoms with van der Waals surface area (Å²) in [6.45, 7) is 0.0334. The van der Waals surface area contributed by atoms with Crippen molar-refractivity contribution in [1.29, 1.82) is 5.26 Å². The number of hydrogen-bond acceptors (Lipinski definition) is 6. The second-order valence-corrected chi connectivity index (χ2v) is 4.97. The van der Waals surface area contributed by atoms with Crippen LogP contribution in [0.25, 0.3) is 22.7 Å². The molecule has 0 aliphatic heterocycles. The number of thioether (sulfide) groups is 1. The van der Waals surface area contributed by atoms with Crippen molar-refractivity contribution in [2.45, 2.75) is 4.90 Å². The first-order chi connectivity index (χ1) is 10.3. The van der Waals surface area contributed by atoms with Crippen LogP contribution in [0.5, 0.6) is 5.75 Å². The number of aromatic amines is 1. The molecule has 0 fully saturated rings. The molecule has 0 atom stereocenters. The zero-order chi connectivity index (χ0) is 14.7. The van der Waals surface area contributed by atoms with Crippen molar-refractivity contribution in [1.82, 2.24) is 19.9 Å². The molecular formula is C14H11N5OS. The number of benzene rings is 1. The van der Waals surface area contributed by atoms with Gasteiger partial charge in [0.25, 0.3) is 0 Å². The fourth-order valence-electron chi connectivity index (χ4n) is 1.95. The molecule has 2 heterocycles. The van der Waals surface area contributed by atoms with E-state index in [9.17, 15) is 0 Å². The van der Waals surface area contributed by atoms with Crippen molar-refractivity contribution < 1.29 is 4.74 Å². The van der Waals surface area contributed by atoms with Crippen molar-refractivity contribution in [3.63, 3.8) is 0 Å². The van der Waals surface area contributed by atoms with Crippen molar-refractivity contribution in [3.05, 3.63) is 30.6 Å². The van der Waals surface area contributed by atoms with Gasteiger partial charge in [0.15, 0.2) is 17.9 Å². The Morgan fingerprint density at radius 3 is 2.95 bits per heavy atom. The largest absolute Gasteiger partial charge is 0.479 e. The van der Waals surface area contributed by atoms with Crippen LogP contribution in [0.2, 0.25) is 0 Å². The SMILES string of the molecule is CSc1cc(OCC#N)ccc1-c1nc2nccnc2[nH]1. The molecule has 0 amide bonds. The fraction of sp³-hybridized carbons (Fsp3) is 0.143. The first-order valence-electron chi connectivity index (χ1n) is 6.16. The summed E-state index contributed by atoms with van der Waals surface area (Å²) in [7, 11) is 0. The Balaban J connectivity index is 2.03. The van der Waals surface area contributed by atoms with Crippen LogP contribution in [-0.4, -0.2) is 32.8 Å². The maximum absolute atomic E-state index is 8.56. The number of ether oxygens (including phenoxy) is 1. The van der Waals surface area contributed by atoms with Crippen LogP contribution >= 0.6 is 11.8 Å². The van der Waals surface area contributed by atoms with Crippen LogP contribution < -0.4 is 4.74 Å². The highest BCUT2D eigenvalue weighted by Gasteiger charge is 2.11. The summed E-state index contributed by atoms with van der Waals surface area (Å²) in [6, 6.07) is 7.58. The second-order valence-electron chi connectivity index (χ2n) is 4.12. The molecule has 0 aliphatic rings. The molecule has 7 heteroatoms. The van der Waals surface area contributed by atoms with Crippen molar-refractivity contribution in [2.24, 2.45) is 0 Å². The van der Waals surface area contributed by atoms with E-state index in [1.165, 1.54) is 0 Å². The number of nitrogens with zero attached hydrogens (tertiary/aromatic N) is 4. The van der Waals surface area contributed by atoms with Gasteiger partial charge in [0.2, 0.25) is 0 Å². The van der Waals surface area contributed by atoms with Gasteiger partial charge in [-0.25, -0.2) is 15.0 Å². The zero-order valence-electron chi connectivity index (χ0n) is 11.2. The summed E-state index contributed by atoms with van der Waals surface area (Å²) >= 11 is 1.58. The second kappa shape index (κ2) is 5.81. The lowest BCUT2D eigenvalue weighted by Gasteiger charge is -2.07. The Hall–Kier alpha value is -2.59. The molecule has 0 aliphatic carbocycles. The lowest BCUT2D eigenvalue weighted by molar-refractivity contribution is 0.367. The highest BCUT2D eigenvalue weighted by molar-refractivity contribution is 7.98. The van der Waals surface area contributed by atoms with E-state index in [0.717, 1.165) is 10.5 Å². The lowest BCUT2D eigenvalue weighted by atomic mass is 10.2. The highest BCUT2D eigenvalue weighted by atomic mass is 32.2. The molecule has 104 valence electrons. The molecule has 1 aromatic carbocycles. The number of aromatic nitrogens is 4. The average molecular weight is 297 g/mol. The molecule has 0 spiro atoms. The third-order valence-electron chi connectivity index (χ3n) is 2.86. The van der Waals surface area contributed by atoms with E-state index in [4.69, 9.17) is 10.00 Å².